The lowest BCUT2D eigenvalue weighted by Gasteiger charge is -2.15. The SMILES string of the molecule is COc1nc(-c2ccnc(Cl)c2Cl)cc(F)c1CNC[C@@H]1CCC(=O)N1. The maximum atomic E-state index is 14.7. The standard InChI is InChI=1S/C17H17Cl2FN4O2/c1-26-17-11(8-21-7-9-2-3-14(25)23-9)12(20)6-13(24-17)10-4-5-22-16(19)15(10)18/h4-6,9,21H,2-3,7-8H2,1H3,(H,23,25)/t9-/m0/s1. The van der Waals surface area contributed by atoms with E-state index in [-0.39, 0.29) is 34.5 Å². The number of nitrogens with zero attached hydrogens (tertiary/aromatic N) is 2. The highest BCUT2D eigenvalue weighted by molar-refractivity contribution is 6.42. The van der Waals surface area contributed by atoms with Crippen LogP contribution in [-0.2, 0) is 11.3 Å². The fraction of sp³-hybridized carbons (Fsp3) is 0.353. The molecule has 0 bridgehead atoms. The molecule has 0 saturated carbocycles. The van der Waals surface area contributed by atoms with Gasteiger partial charge in [0.15, 0.2) is 0 Å². The number of ether oxygens (including phenoxy) is 1. The minimum absolute atomic E-state index is 0.0412. The molecule has 1 saturated heterocycles. The monoisotopic (exact) mass is 398 g/mol. The molecule has 0 aromatic carbocycles. The first kappa shape index (κ1) is 18.8. The Bertz CT molecular complexity index is 835. The molecule has 3 rings (SSSR count). The van der Waals surface area contributed by atoms with E-state index in [1.807, 2.05) is 0 Å². The number of pyridine rings is 2. The van der Waals surface area contributed by atoms with Gasteiger partial charge in [0.2, 0.25) is 11.8 Å². The van der Waals surface area contributed by atoms with Gasteiger partial charge in [-0.2, -0.15) is 0 Å². The maximum absolute atomic E-state index is 14.7. The predicted octanol–water partition coefficient (Wildman–Crippen LogP) is 2.97. The molecule has 3 heterocycles. The van der Waals surface area contributed by atoms with Gasteiger partial charge in [-0.1, -0.05) is 23.2 Å². The summed E-state index contributed by atoms with van der Waals surface area (Å²) >= 11 is 12.1. The predicted molar refractivity (Wildman–Crippen MR) is 96.9 cm³/mol. The first-order chi connectivity index (χ1) is 12.5. The highest BCUT2D eigenvalue weighted by Gasteiger charge is 2.21. The van der Waals surface area contributed by atoms with Gasteiger partial charge < -0.3 is 15.4 Å². The van der Waals surface area contributed by atoms with E-state index in [1.165, 1.54) is 19.4 Å². The molecule has 1 aliphatic rings. The zero-order valence-corrected chi connectivity index (χ0v) is 15.5. The largest absolute Gasteiger partial charge is 0.481 e. The number of aromatic nitrogens is 2. The Morgan fingerprint density at radius 2 is 2.27 bits per heavy atom. The van der Waals surface area contributed by atoms with Crippen LogP contribution >= 0.6 is 23.2 Å². The van der Waals surface area contributed by atoms with E-state index in [2.05, 4.69) is 20.6 Å². The zero-order valence-electron chi connectivity index (χ0n) is 14.0. The van der Waals surface area contributed by atoms with Crippen molar-refractivity contribution in [1.29, 1.82) is 0 Å². The van der Waals surface area contributed by atoms with Crippen LogP contribution < -0.4 is 15.4 Å². The van der Waals surface area contributed by atoms with Crippen molar-refractivity contribution in [2.75, 3.05) is 13.7 Å². The van der Waals surface area contributed by atoms with Gasteiger partial charge in [0.05, 0.1) is 23.4 Å². The highest BCUT2D eigenvalue weighted by atomic mass is 35.5. The molecule has 1 amide bonds. The van der Waals surface area contributed by atoms with Gasteiger partial charge in [-0.05, 0) is 12.5 Å². The van der Waals surface area contributed by atoms with E-state index in [4.69, 9.17) is 27.9 Å². The number of amides is 1. The van der Waals surface area contributed by atoms with Crippen LogP contribution in [0.4, 0.5) is 4.39 Å². The lowest BCUT2D eigenvalue weighted by molar-refractivity contribution is -0.119. The lowest BCUT2D eigenvalue weighted by Crippen LogP contribution is -2.35. The summed E-state index contributed by atoms with van der Waals surface area (Å²) in [4.78, 5) is 19.4. The van der Waals surface area contributed by atoms with Crippen molar-refractivity contribution in [2.24, 2.45) is 0 Å². The highest BCUT2D eigenvalue weighted by Crippen LogP contribution is 2.33. The van der Waals surface area contributed by atoms with E-state index in [9.17, 15) is 9.18 Å². The van der Waals surface area contributed by atoms with Gasteiger partial charge in [0.1, 0.15) is 11.0 Å². The first-order valence-electron chi connectivity index (χ1n) is 8.03. The van der Waals surface area contributed by atoms with E-state index >= 15 is 0 Å². The maximum Gasteiger partial charge on any atom is 0.221 e. The fourth-order valence-electron chi connectivity index (χ4n) is 2.80. The Hall–Kier alpha value is -1.96. The second kappa shape index (κ2) is 8.16. The van der Waals surface area contributed by atoms with Gasteiger partial charge >= 0.3 is 0 Å². The first-order valence-corrected chi connectivity index (χ1v) is 8.79. The Kier molecular flexibility index (Phi) is 5.90. The van der Waals surface area contributed by atoms with E-state index < -0.39 is 5.82 Å². The molecule has 2 aromatic rings. The van der Waals surface area contributed by atoms with Crippen molar-refractivity contribution in [3.8, 4) is 17.1 Å². The van der Waals surface area contributed by atoms with Crippen LogP contribution in [0, 0.1) is 5.82 Å². The van der Waals surface area contributed by atoms with Crippen LogP contribution in [0.5, 0.6) is 5.88 Å². The number of carbonyl (C=O) groups is 1. The van der Waals surface area contributed by atoms with Crippen molar-refractivity contribution in [2.45, 2.75) is 25.4 Å². The third kappa shape index (κ3) is 4.06. The average molecular weight is 399 g/mol. The van der Waals surface area contributed by atoms with Gasteiger partial charge in [0.25, 0.3) is 0 Å². The smallest absolute Gasteiger partial charge is 0.221 e. The second-order valence-corrected chi connectivity index (χ2v) is 6.61. The average Bonchev–Trinajstić information content (AvgIpc) is 3.03. The van der Waals surface area contributed by atoms with Gasteiger partial charge in [-0.3, -0.25) is 4.79 Å². The van der Waals surface area contributed by atoms with Crippen LogP contribution in [0.1, 0.15) is 18.4 Å². The Morgan fingerprint density at radius 3 is 2.96 bits per heavy atom. The summed E-state index contributed by atoms with van der Waals surface area (Å²) in [5, 5.41) is 6.30. The molecule has 1 fully saturated rings. The molecule has 138 valence electrons. The summed E-state index contributed by atoms with van der Waals surface area (Å²) in [5.41, 5.74) is 1.08. The summed E-state index contributed by atoms with van der Waals surface area (Å²) < 4.78 is 19.9. The number of halogens is 3. The Morgan fingerprint density at radius 1 is 1.46 bits per heavy atom. The molecular formula is C17H17Cl2FN4O2. The number of nitrogens with one attached hydrogen (secondary N) is 2. The van der Waals surface area contributed by atoms with Crippen LogP contribution in [0.25, 0.3) is 11.3 Å². The normalized spacial score (nSPS) is 16.6. The van der Waals surface area contributed by atoms with E-state index in [0.717, 1.165) is 6.42 Å². The van der Waals surface area contributed by atoms with Crippen LogP contribution in [0.3, 0.4) is 0 Å². The summed E-state index contributed by atoms with van der Waals surface area (Å²) in [6.07, 6.45) is 2.76. The van der Waals surface area contributed by atoms with Gasteiger partial charge in [-0.25, -0.2) is 14.4 Å². The van der Waals surface area contributed by atoms with Gasteiger partial charge in [-0.15, -0.1) is 0 Å². The molecule has 1 aliphatic heterocycles. The third-order valence-electron chi connectivity index (χ3n) is 4.13. The molecule has 0 radical (unpaired) electrons. The summed E-state index contributed by atoms with van der Waals surface area (Å²) in [6, 6.07) is 2.95. The summed E-state index contributed by atoms with van der Waals surface area (Å²) in [6.45, 7) is 0.765. The number of hydrogen-bond donors (Lipinski definition) is 2. The molecular weight excluding hydrogens is 382 g/mol. The van der Waals surface area contributed by atoms with Crippen molar-refractivity contribution in [3.63, 3.8) is 0 Å². The van der Waals surface area contributed by atoms with Crippen molar-refractivity contribution < 1.29 is 13.9 Å². The van der Waals surface area contributed by atoms with Crippen LogP contribution in [0.2, 0.25) is 10.2 Å². The third-order valence-corrected chi connectivity index (χ3v) is 4.89. The van der Waals surface area contributed by atoms with E-state index in [0.29, 0.717) is 29.8 Å². The quantitative estimate of drug-likeness (QED) is 0.731. The molecule has 2 N–H and O–H groups in total. The molecule has 26 heavy (non-hydrogen) atoms. The zero-order chi connectivity index (χ0) is 18.7. The minimum Gasteiger partial charge on any atom is -0.481 e. The number of rotatable bonds is 6. The molecule has 2 aromatic heterocycles. The fourth-order valence-corrected chi connectivity index (χ4v) is 3.17. The molecule has 0 unspecified atom stereocenters. The number of methoxy groups -OCH3 is 1. The lowest BCUT2D eigenvalue weighted by atomic mass is 10.1. The van der Waals surface area contributed by atoms with Crippen LogP contribution in [0.15, 0.2) is 18.3 Å². The second-order valence-electron chi connectivity index (χ2n) is 5.87. The minimum atomic E-state index is -0.473. The number of hydrogen-bond acceptors (Lipinski definition) is 5. The topological polar surface area (TPSA) is 76.1 Å². The van der Waals surface area contributed by atoms with Gasteiger partial charge in [0, 0.05) is 43.4 Å². The van der Waals surface area contributed by atoms with E-state index in [1.54, 1.807) is 6.07 Å². The molecule has 0 spiro atoms. The Balaban J connectivity index is 1.79. The molecule has 6 nitrogen and oxygen atoms in total. The molecule has 9 heteroatoms. The van der Waals surface area contributed by atoms with Crippen molar-refractivity contribution in [3.05, 3.63) is 39.9 Å². The molecule has 1 atom stereocenters. The van der Waals surface area contributed by atoms with Crippen LogP contribution in [-0.4, -0.2) is 35.6 Å². The number of carbonyl (C=O) groups excluding carboxylic acids is 1. The molecule has 0 aliphatic carbocycles. The van der Waals surface area contributed by atoms with Crippen molar-refractivity contribution in [1.82, 2.24) is 20.6 Å². The van der Waals surface area contributed by atoms with Crippen molar-refractivity contribution >= 4 is 29.1 Å². The summed E-state index contributed by atoms with van der Waals surface area (Å²) in [5.74, 6) is -0.273. The summed E-state index contributed by atoms with van der Waals surface area (Å²) in [7, 11) is 1.42. The Labute approximate surface area is 160 Å².